The molecule has 0 bridgehead atoms. The van der Waals surface area contributed by atoms with E-state index < -0.39 is 0 Å². The summed E-state index contributed by atoms with van der Waals surface area (Å²) >= 11 is 5.85. The van der Waals surface area contributed by atoms with E-state index >= 15 is 0 Å². The number of nitrogens with one attached hydrogen (secondary N) is 2. The summed E-state index contributed by atoms with van der Waals surface area (Å²) < 4.78 is 5.11. The average Bonchev–Trinajstić information content (AvgIpc) is 2.79. The summed E-state index contributed by atoms with van der Waals surface area (Å²) in [7, 11) is 1.60. The predicted molar refractivity (Wildman–Crippen MR) is 123 cm³/mol. The standard InChI is InChI=1S/C24H22ClN3O3/c1-16(27-28-23(29)15-17-3-13-22(31-2)14-4-17)18-7-11-21(12-8-18)26-24(30)19-5-9-20(25)10-6-19/h3-14H,15H2,1-2H3,(H,26,30)(H,28,29). The molecule has 0 aliphatic carbocycles. The normalized spacial score (nSPS) is 11.0. The number of methoxy groups -OCH3 is 1. The second-order valence-electron chi connectivity index (χ2n) is 6.80. The lowest BCUT2D eigenvalue weighted by molar-refractivity contribution is -0.120. The first kappa shape index (κ1) is 22.1. The maximum Gasteiger partial charge on any atom is 0.255 e. The molecular formula is C24H22ClN3O3. The van der Waals surface area contributed by atoms with Crippen molar-refractivity contribution in [1.82, 2.24) is 5.43 Å². The van der Waals surface area contributed by atoms with Gasteiger partial charge in [-0.15, -0.1) is 0 Å². The summed E-state index contributed by atoms with van der Waals surface area (Å²) in [5.41, 5.74) is 6.09. The van der Waals surface area contributed by atoms with E-state index in [1.807, 2.05) is 36.4 Å². The zero-order valence-electron chi connectivity index (χ0n) is 17.2. The minimum absolute atomic E-state index is 0.212. The molecule has 2 N–H and O–H groups in total. The zero-order chi connectivity index (χ0) is 22.2. The maximum absolute atomic E-state index is 12.3. The van der Waals surface area contributed by atoms with Crippen LogP contribution in [0.4, 0.5) is 5.69 Å². The first-order valence-corrected chi connectivity index (χ1v) is 9.96. The van der Waals surface area contributed by atoms with E-state index in [-0.39, 0.29) is 18.2 Å². The number of carbonyl (C=O) groups excluding carboxylic acids is 2. The fraction of sp³-hybridized carbons (Fsp3) is 0.125. The summed E-state index contributed by atoms with van der Waals surface area (Å²) in [6.07, 6.45) is 0.219. The number of hydrazone groups is 1. The highest BCUT2D eigenvalue weighted by Crippen LogP contribution is 2.14. The van der Waals surface area contributed by atoms with Crippen LogP contribution >= 0.6 is 11.6 Å². The van der Waals surface area contributed by atoms with Gasteiger partial charge in [0.05, 0.1) is 19.2 Å². The van der Waals surface area contributed by atoms with Crippen LogP contribution in [0.3, 0.4) is 0 Å². The van der Waals surface area contributed by atoms with Crippen molar-refractivity contribution in [3.05, 3.63) is 94.5 Å². The largest absolute Gasteiger partial charge is 0.497 e. The molecular weight excluding hydrogens is 414 g/mol. The number of ether oxygens (including phenoxy) is 1. The van der Waals surface area contributed by atoms with E-state index in [9.17, 15) is 9.59 Å². The Labute approximate surface area is 185 Å². The number of benzene rings is 3. The number of nitrogens with zero attached hydrogens (tertiary/aromatic N) is 1. The summed E-state index contributed by atoms with van der Waals surface area (Å²) in [5.74, 6) is 0.308. The lowest BCUT2D eigenvalue weighted by Gasteiger charge is -2.07. The number of carbonyl (C=O) groups is 2. The lowest BCUT2D eigenvalue weighted by atomic mass is 10.1. The topological polar surface area (TPSA) is 79.8 Å². The van der Waals surface area contributed by atoms with Gasteiger partial charge in [0, 0.05) is 16.3 Å². The van der Waals surface area contributed by atoms with Crippen LogP contribution in [0.5, 0.6) is 5.75 Å². The summed E-state index contributed by atoms with van der Waals surface area (Å²) in [4.78, 5) is 24.4. The second kappa shape index (κ2) is 10.4. The Morgan fingerprint density at radius 3 is 2.13 bits per heavy atom. The van der Waals surface area contributed by atoms with Crippen molar-refractivity contribution in [3.63, 3.8) is 0 Å². The van der Waals surface area contributed by atoms with Crippen LogP contribution < -0.4 is 15.5 Å². The van der Waals surface area contributed by atoms with Crippen molar-refractivity contribution in [3.8, 4) is 5.75 Å². The van der Waals surface area contributed by atoms with Crippen molar-refractivity contribution in [2.45, 2.75) is 13.3 Å². The molecule has 0 aromatic heterocycles. The molecule has 31 heavy (non-hydrogen) atoms. The molecule has 0 unspecified atom stereocenters. The summed E-state index contributed by atoms with van der Waals surface area (Å²) in [6.45, 7) is 1.80. The molecule has 0 fully saturated rings. The molecule has 0 spiro atoms. The molecule has 2 amide bonds. The summed E-state index contributed by atoms with van der Waals surface area (Å²) in [6, 6.07) is 21.2. The van der Waals surface area contributed by atoms with Gasteiger partial charge in [-0.25, -0.2) is 5.43 Å². The fourth-order valence-electron chi connectivity index (χ4n) is 2.78. The number of amides is 2. The van der Waals surface area contributed by atoms with Gasteiger partial charge < -0.3 is 10.1 Å². The van der Waals surface area contributed by atoms with E-state index in [0.29, 0.717) is 22.0 Å². The third kappa shape index (κ3) is 6.42. The number of hydrogen-bond donors (Lipinski definition) is 2. The van der Waals surface area contributed by atoms with E-state index in [1.165, 1.54) is 0 Å². The number of hydrogen-bond acceptors (Lipinski definition) is 4. The average molecular weight is 436 g/mol. The Bertz CT molecular complexity index is 1080. The van der Waals surface area contributed by atoms with Crippen LogP contribution in [0.1, 0.15) is 28.4 Å². The first-order chi connectivity index (χ1) is 14.9. The fourth-order valence-corrected chi connectivity index (χ4v) is 2.90. The molecule has 7 heteroatoms. The van der Waals surface area contributed by atoms with Crippen LogP contribution in [0.15, 0.2) is 77.9 Å². The van der Waals surface area contributed by atoms with Gasteiger partial charge in [-0.3, -0.25) is 9.59 Å². The van der Waals surface area contributed by atoms with Gasteiger partial charge in [-0.05, 0) is 66.6 Å². The first-order valence-electron chi connectivity index (χ1n) is 9.58. The van der Waals surface area contributed by atoms with Gasteiger partial charge in [-0.1, -0.05) is 35.9 Å². The van der Waals surface area contributed by atoms with Crippen LogP contribution in [-0.2, 0) is 11.2 Å². The molecule has 0 atom stereocenters. The van der Waals surface area contributed by atoms with Crippen LogP contribution in [0.2, 0.25) is 5.02 Å². The van der Waals surface area contributed by atoms with Crippen molar-refractivity contribution in [2.24, 2.45) is 5.10 Å². The Kier molecular flexibility index (Phi) is 7.40. The molecule has 3 rings (SSSR count). The third-order valence-electron chi connectivity index (χ3n) is 4.54. The van der Waals surface area contributed by atoms with Crippen LogP contribution in [0, 0.1) is 0 Å². The van der Waals surface area contributed by atoms with Gasteiger partial charge in [-0.2, -0.15) is 5.10 Å². The maximum atomic E-state index is 12.3. The number of halogens is 1. The predicted octanol–water partition coefficient (Wildman–Crippen LogP) is 4.68. The molecule has 0 radical (unpaired) electrons. The number of rotatable bonds is 7. The molecule has 0 saturated carbocycles. The quantitative estimate of drug-likeness (QED) is 0.417. The molecule has 0 saturated heterocycles. The Hall–Kier alpha value is -3.64. The van der Waals surface area contributed by atoms with Crippen LogP contribution in [0.25, 0.3) is 0 Å². The van der Waals surface area contributed by atoms with Gasteiger partial charge in [0.2, 0.25) is 5.91 Å². The van der Waals surface area contributed by atoms with E-state index in [2.05, 4.69) is 15.8 Å². The van der Waals surface area contributed by atoms with Gasteiger partial charge in [0.1, 0.15) is 5.75 Å². The van der Waals surface area contributed by atoms with Crippen molar-refractivity contribution in [2.75, 3.05) is 12.4 Å². The lowest BCUT2D eigenvalue weighted by Crippen LogP contribution is -2.21. The van der Waals surface area contributed by atoms with E-state index in [0.717, 1.165) is 16.9 Å². The minimum Gasteiger partial charge on any atom is -0.497 e. The van der Waals surface area contributed by atoms with E-state index in [4.69, 9.17) is 16.3 Å². The highest BCUT2D eigenvalue weighted by molar-refractivity contribution is 6.30. The molecule has 0 aliphatic rings. The van der Waals surface area contributed by atoms with Crippen molar-refractivity contribution in [1.29, 1.82) is 0 Å². The minimum atomic E-state index is -0.222. The third-order valence-corrected chi connectivity index (χ3v) is 4.79. The molecule has 6 nitrogen and oxygen atoms in total. The van der Waals surface area contributed by atoms with Gasteiger partial charge >= 0.3 is 0 Å². The Balaban J connectivity index is 1.55. The van der Waals surface area contributed by atoms with Crippen LogP contribution in [-0.4, -0.2) is 24.6 Å². The highest BCUT2D eigenvalue weighted by atomic mass is 35.5. The van der Waals surface area contributed by atoms with Crippen molar-refractivity contribution >= 4 is 34.8 Å². The van der Waals surface area contributed by atoms with Crippen molar-refractivity contribution < 1.29 is 14.3 Å². The van der Waals surface area contributed by atoms with E-state index in [1.54, 1.807) is 50.4 Å². The Morgan fingerprint density at radius 1 is 0.903 bits per heavy atom. The molecule has 0 heterocycles. The molecule has 3 aromatic rings. The number of anilines is 1. The molecule has 0 aliphatic heterocycles. The second-order valence-corrected chi connectivity index (χ2v) is 7.23. The van der Waals surface area contributed by atoms with Gasteiger partial charge in [0.15, 0.2) is 0 Å². The zero-order valence-corrected chi connectivity index (χ0v) is 17.9. The smallest absolute Gasteiger partial charge is 0.255 e. The summed E-state index contributed by atoms with van der Waals surface area (Å²) in [5, 5.41) is 7.57. The monoisotopic (exact) mass is 435 g/mol. The Morgan fingerprint density at radius 2 is 1.52 bits per heavy atom. The SMILES string of the molecule is COc1ccc(CC(=O)NN=C(C)c2ccc(NC(=O)c3ccc(Cl)cc3)cc2)cc1. The molecule has 3 aromatic carbocycles. The highest BCUT2D eigenvalue weighted by Gasteiger charge is 2.07. The molecule has 158 valence electrons. The van der Waals surface area contributed by atoms with Gasteiger partial charge in [0.25, 0.3) is 5.91 Å².